The largest absolute Gasteiger partial charge is 0.338 e. The van der Waals surface area contributed by atoms with E-state index in [9.17, 15) is 0 Å². The highest BCUT2D eigenvalue weighted by Gasteiger charge is 2.38. The number of nitrogens with zero attached hydrogens (tertiary/aromatic N) is 2. The summed E-state index contributed by atoms with van der Waals surface area (Å²) < 4.78 is 5.25. The lowest BCUT2D eigenvalue weighted by Gasteiger charge is -2.34. The number of hydrogen-bond acceptors (Lipinski definition) is 5. The average Bonchev–Trinajstić information content (AvgIpc) is 2.84. The van der Waals surface area contributed by atoms with E-state index in [0.717, 1.165) is 19.3 Å². The molecule has 0 unspecified atom stereocenters. The number of aromatic nitrogens is 2. The molecule has 1 fully saturated rings. The van der Waals surface area contributed by atoms with Crippen LogP contribution in [0.25, 0.3) is 0 Å². The maximum absolute atomic E-state index is 6.15. The van der Waals surface area contributed by atoms with Crippen LogP contribution in [0.1, 0.15) is 31.0 Å². The highest BCUT2D eigenvalue weighted by atomic mass is 32.2. The fourth-order valence-electron chi connectivity index (χ4n) is 1.96. The van der Waals surface area contributed by atoms with Gasteiger partial charge >= 0.3 is 0 Å². The number of benzene rings is 1. The van der Waals surface area contributed by atoms with Crippen molar-refractivity contribution in [3.8, 4) is 0 Å². The normalized spacial score (nSPS) is 17.4. The van der Waals surface area contributed by atoms with Crippen LogP contribution in [0.5, 0.6) is 0 Å². The van der Waals surface area contributed by atoms with Crippen LogP contribution in [0.2, 0.25) is 0 Å². The molecule has 0 atom stereocenters. The van der Waals surface area contributed by atoms with Gasteiger partial charge in [0.25, 0.3) is 0 Å². The zero-order valence-electron chi connectivity index (χ0n) is 10.0. The molecule has 4 nitrogen and oxygen atoms in total. The summed E-state index contributed by atoms with van der Waals surface area (Å²) in [6.45, 7) is 0. The summed E-state index contributed by atoms with van der Waals surface area (Å²) in [6, 6.07) is 10.2. The van der Waals surface area contributed by atoms with Crippen LogP contribution in [-0.4, -0.2) is 10.1 Å². The summed E-state index contributed by atoms with van der Waals surface area (Å²) in [4.78, 5) is 5.59. The van der Waals surface area contributed by atoms with Crippen molar-refractivity contribution in [3.05, 3.63) is 42.0 Å². The molecular weight excluding hydrogens is 246 g/mol. The van der Waals surface area contributed by atoms with Crippen molar-refractivity contribution in [2.75, 3.05) is 0 Å². The van der Waals surface area contributed by atoms with Crippen LogP contribution in [0, 0.1) is 0 Å². The van der Waals surface area contributed by atoms with E-state index in [0.29, 0.717) is 17.5 Å². The fraction of sp³-hybridized carbons (Fsp3) is 0.385. The van der Waals surface area contributed by atoms with Gasteiger partial charge in [-0.3, -0.25) is 0 Å². The van der Waals surface area contributed by atoms with E-state index in [-0.39, 0.29) is 5.54 Å². The standard InChI is InChI=1S/C13H15N3OS/c14-13(7-4-8-13)12-15-11(17-16-12)9-18-10-5-2-1-3-6-10/h1-3,5-6H,4,7-9,14H2. The minimum absolute atomic E-state index is 0.334. The molecule has 0 radical (unpaired) electrons. The molecule has 1 aromatic heterocycles. The predicted molar refractivity (Wildman–Crippen MR) is 70.0 cm³/mol. The minimum Gasteiger partial charge on any atom is -0.338 e. The Morgan fingerprint density at radius 1 is 1.28 bits per heavy atom. The van der Waals surface area contributed by atoms with Crippen molar-refractivity contribution in [3.63, 3.8) is 0 Å². The third kappa shape index (κ3) is 2.28. The van der Waals surface area contributed by atoms with Crippen LogP contribution >= 0.6 is 11.8 Å². The van der Waals surface area contributed by atoms with E-state index in [4.69, 9.17) is 10.3 Å². The lowest BCUT2D eigenvalue weighted by atomic mass is 9.77. The lowest BCUT2D eigenvalue weighted by Crippen LogP contribution is -2.44. The zero-order chi connectivity index (χ0) is 12.4. The highest BCUT2D eigenvalue weighted by Crippen LogP contribution is 2.37. The summed E-state index contributed by atoms with van der Waals surface area (Å²) in [5.74, 6) is 2.00. The Hall–Kier alpha value is -1.33. The molecule has 3 rings (SSSR count). The monoisotopic (exact) mass is 261 g/mol. The molecule has 2 N–H and O–H groups in total. The van der Waals surface area contributed by atoms with Gasteiger partial charge in [0.15, 0.2) is 5.82 Å². The smallest absolute Gasteiger partial charge is 0.237 e. The molecule has 1 saturated carbocycles. The van der Waals surface area contributed by atoms with Gasteiger partial charge in [0.1, 0.15) is 0 Å². The average molecular weight is 261 g/mol. The third-order valence-corrected chi connectivity index (χ3v) is 4.26. The fourth-order valence-corrected chi connectivity index (χ4v) is 2.72. The molecule has 2 aromatic rings. The quantitative estimate of drug-likeness (QED) is 0.857. The van der Waals surface area contributed by atoms with Crippen molar-refractivity contribution < 1.29 is 4.52 Å². The second-order valence-electron chi connectivity index (χ2n) is 4.62. The number of rotatable bonds is 4. The van der Waals surface area contributed by atoms with E-state index in [1.54, 1.807) is 11.8 Å². The minimum atomic E-state index is -0.334. The van der Waals surface area contributed by atoms with Crippen molar-refractivity contribution in [1.82, 2.24) is 10.1 Å². The topological polar surface area (TPSA) is 64.9 Å². The summed E-state index contributed by atoms with van der Waals surface area (Å²) in [7, 11) is 0. The first kappa shape index (κ1) is 11.7. The molecule has 18 heavy (non-hydrogen) atoms. The molecule has 0 saturated heterocycles. The van der Waals surface area contributed by atoms with Crippen molar-refractivity contribution in [2.45, 2.75) is 35.4 Å². The summed E-state index contributed by atoms with van der Waals surface area (Å²) in [5.41, 5.74) is 5.82. The predicted octanol–water partition coefficient (Wildman–Crippen LogP) is 2.70. The molecule has 1 aliphatic rings. The summed E-state index contributed by atoms with van der Waals surface area (Å²) in [6.07, 6.45) is 3.06. The first-order valence-corrected chi connectivity index (χ1v) is 7.05. The van der Waals surface area contributed by atoms with Gasteiger partial charge in [-0.15, -0.1) is 11.8 Å². The van der Waals surface area contributed by atoms with Gasteiger partial charge in [0.2, 0.25) is 5.89 Å². The van der Waals surface area contributed by atoms with Crippen LogP contribution in [-0.2, 0) is 11.3 Å². The van der Waals surface area contributed by atoms with E-state index in [1.165, 1.54) is 4.90 Å². The van der Waals surface area contributed by atoms with Crippen LogP contribution in [0.4, 0.5) is 0 Å². The summed E-state index contributed by atoms with van der Waals surface area (Å²) in [5, 5.41) is 4.00. The van der Waals surface area contributed by atoms with Gasteiger partial charge in [-0.25, -0.2) is 0 Å². The van der Waals surface area contributed by atoms with Crippen LogP contribution < -0.4 is 5.73 Å². The Bertz CT molecular complexity index is 522. The Morgan fingerprint density at radius 2 is 2.06 bits per heavy atom. The molecule has 0 aliphatic heterocycles. The summed E-state index contributed by atoms with van der Waals surface area (Å²) >= 11 is 1.69. The van der Waals surface area contributed by atoms with E-state index in [1.807, 2.05) is 18.2 Å². The first-order valence-electron chi connectivity index (χ1n) is 6.06. The first-order chi connectivity index (χ1) is 8.76. The zero-order valence-corrected chi connectivity index (χ0v) is 10.8. The Morgan fingerprint density at radius 3 is 2.72 bits per heavy atom. The van der Waals surface area contributed by atoms with Gasteiger partial charge in [-0.2, -0.15) is 4.98 Å². The molecule has 5 heteroatoms. The van der Waals surface area contributed by atoms with Gasteiger partial charge in [0.05, 0.1) is 11.3 Å². The maximum Gasteiger partial charge on any atom is 0.237 e. The van der Waals surface area contributed by atoms with Crippen molar-refractivity contribution in [1.29, 1.82) is 0 Å². The molecule has 1 heterocycles. The molecular formula is C13H15N3OS. The molecule has 94 valence electrons. The van der Waals surface area contributed by atoms with Crippen molar-refractivity contribution in [2.24, 2.45) is 5.73 Å². The van der Waals surface area contributed by atoms with Gasteiger partial charge in [-0.1, -0.05) is 23.4 Å². The third-order valence-electron chi connectivity index (χ3n) is 3.26. The Balaban J connectivity index is 1.64. The molecule has 0 amide bonds. The van der Waals surface area contributed by atoms with E-state index >= 15 is 0 Å². The second kappa shape index (κ2) is 4.74. The number of nitrogens with two attached hydrogens (primary N) is 1. The lowest BCUT2D eigenvalue weighted by molar-refractivity contribution is 0.229. The Labute approximate surface area is 110 Å². The second-order valence-corrected chi connectivity index (χ2v) is 5.67. The molecule has 0 bridgehead atoms. The van der Waals surface area contributed by atoms with Gasteiger partial charge in [0, 0.05) is 4.90 Å². The SMILES string of the molecule is NC1(c2noc(CSc3ccccc3)n2)CCC1. The van der Waals surface area contributed by atoms with E-state index in [2.05, 4.69) is 22.3 Å². The molecule has 1 aromatic carbocycles. The number of hydrogen-bond donors (Lipinski definition) is 1. The molecule has 1 aliphatic carbocycles. The van der Waals surface area contributed by atoms with Gasteiger partial charge < -0.3 is 10.3 Å². The molecule has 0 spiro atoms. The van der Waals surface area contributed by atoms with Gasteiger partial charge in [-0.05, 0) is 31.4 Å². The van der Waals surface area contributed by atoms with Crippen LogP contribution in [0.3, 0.4) is 0 Å². The number of thioether (sulfide) groups is 1. The maximum atomic E-state index is 6.15. The van der Waals surface area contributed by atoms with E-state index < -0.39 is 0 Å². The Kier molecular flexibility index (Phi) is 3.09. The van der Waals surface area contributed by atoms with Crippen molar-refractivity contribution >= 4 is 11.8 Å². The van der Waals surface area contributed by atoms with Crippen LogP contribution in [0.15, 0.2) is 39.8 Å². The highest BCUT2D eigenvalue weighted by molar-refractivity contribution is 7.98.